The molecule has 122 valence electrons. The van der Waals surface area contributed by atoms with Crippen LogP contribution in [0.2, 0.25) is 5.02 Å². The number of halogens is 1. The Hall–Kier alpha value is -1.63. The number of ether oxygens (including phenoxy) is 1. The van der Waals surface area contributed by atoms with Gasteiger partial charge in [-0.25, -0.2) is 0 Å². The molecular weight excluding hydrogens is 306 g/mol. The number of benzene rings is 1. The third kappa shape index (κ3) is 7.40. The van der Waals surface area contributed by atoms with Crippen molar-refractivity contribution >= 4 is 29.1 Å². The molecule has 0 aromatic heterocycles. The Morgan fingerprint density at radius 1 is 1.23 bits per heavy atom. The van der Waals surface area contributed by atoms with E-state index < -0.39 is 0 Å². The van der Waals surface area contributed by atoms with Crippen molar-refractivity contribution in [1.82, 2.24) is 10.2 Å². The van der Waals surface area contributed by atoms with E-state index in [2.05, 4.69) is 10.6 Å². The standard InChI is InChI=1S/C15H22ClN3O3/c1-19(10-14(20)17-8-5-9-22-2)11-15(21)18-13-7-4-3-6-12(13)16/h3-4,6-7H,5,8-11H2,1-2H3,(H,17,20)(H,18,21). The van der Waals surface area contributed by atoms with E-state index in [0.29, 0.717) is 23.9 Å². The highest BCUT2D eigenvalue weighted by molar-refractivity contribution is 6.33. The SMILES string of the molecule is COCCCNC(=O)CN(C)CC(=O)Nc1ccccc1Cl. The summed E-state index contributed by atoms with van der Waals surface area (Å²) < 4.78 is 4.90. The van der Waals surface area contributed by atoms with Crippen LogP contribution in [0, 0.1) is 0 Å². The highest BCUT2D eigenvalue weighted by Gasteiger charge is 2.11. The van der Waals surface area contributed by atoms with Gasteiger partial charge in [0.25, 0.3) is 0 Å². The largest absolute Gasteiger partial charge is 0.385 e. The quantitative estimate of drug-likeness (QED) is 0.672. The molecule has 0 aliphatic carbocycles. The third-order valence-corrected chi connectivity index (χ3v) is 3.15. The zero-order valence-electron chi connectivity index (χ0n) is 12.9. The van der Waals surface area contributed by atoms with E-state index in [0.717, 1.165) is 6.42 Å². The van der Waals surface area contributed by atoms with Gasteiger partial charge in [0.1, 0.15) is 0 Å². The Morgan fingerprint density at radius 2 is 1.91 bits per heavy atom. The van der Waals surface area contributed by atoms with Crippen LogP contribution in [0.4, 0.5) is 5.69 Å². The van der Waals surface area contributed by atoms with E-state index in [1.54, 1.807) is 43.3 Å². The Kier molecular flexibility index (Phi) is 8.50. The summed E-state index contributed by atoms with van der Waals surface area (Å²) in [5, 5.41) is 5.96. The highest BCUT2D eigenvalue weighted by atomic mass is 35.5. The molecule has 2 N–H and O–H groups in total. The monoisotopic (exact) mass is 327 g/mol. The predicted molar refractivity (Wildman–Crippen MR) is 87.1 cm³/mol. The number of carbonyl (C=O) groups is 2. The lowest BCUT2D eigenvalue weighted by Crippen LogP contribution is -2.39. The minimum atomic E-state index is -0.220. The number of hydrogen-bond donors (Lipinski definition) is 2. The molecule has 0 fully saturated rings. The van der Waals surface area contributed by atoms with Gasteiger partial charge in [0.2, 0.25) is 11.8 Å². The van der Waals surface area contributed by atoms with Gasteiger partial charge >= 0.3 is 0 Å². The topological polar surface area (TPSA) is 70.7 Å². The number of nitrogens with one attached hydrogen (secondary N) is 2. The van der Waals surface area contributed by atoms with Crippen LogP contribution < -0.4 is 10.6 Å². The molecule has 0 aliphatic heterocycles. The van der Waals surface area contributed by atoms with Crippen LogP contribution in [0.5, 0.6) is 0 Å². The number of hydrogen-bond acceptors (Lipinski definition) is 4. The Balaban J connectivity index is 2.29. The van der Waals surface area contributed by atoms with Crippen molar-refractivity contribution < 1.29 is 14.3 Å². The molecule has 0 radical (unpaired) electrons. The second-order valence-electron chi connectivity index (χ2n) is 4.90. The number of rotatable bonds is 9. The fraction of sp³-hybridized carbons (Fsp3) is 0.467. The minimum Gasteiger partial charge on any atom is -0.385 e. The van der Waals surface area contributed by atoms with Gasteiger partial charge in [-0.05, 0) is 25.6 Å². The van der Waals surface area contributed by atoms with Gasteiger partial charge in [0, 0.05) is 20.3 Å². The number of likely N-dealkylation sites (N-methyl/N-ethyl adjacent to an activating group) is 1. The molecule has 1 aromatic rings. The lowest BCUT2D eigenvalue weighted by atomic mass is 10.3. The summed E-state index contributed by atoms with van der Waals surface area (Å²) in [6.07, 6.45) is 0.763. The Labute approximate surface area is 135 Å². The van der Waals surface area contributed by atoms with E-state index in [1.807, 2.05) is 0 Å². The second-order valence-corrected chi connectivity index (χ2v) is 5.30. The zero-order valence-corrected chi connectivity index (χ0v) is 13.7. The number of methoxy groups -OCH3 is 1. The van der Waals surface area contributed by atoms with E-state index in [-0.39, 0.29) is 24.9 Å². The lowest BCUT2D eigenvalue weighted by Gasteiger charge is -2.16. The second kappa shape index (κ2) is 10.2. The molecule has 0 heterocycles. The third-order valence-electron chi connectivity index (χ3n) is 2.82. The maximum atomic E-state index is 11.9. The molecule has 1 aromatic carbocycles. The van der Waals surface area contributed by atoms with Crippen LogP contribution in [0.25, 0.3) is 0 Å². The van der Waals surface area contributed by atoms with Gasteiger partial charge < -0.3 is 15.4 Å². The van der Waals surface area contributed by atoms with Crippen molar-refractivity contribution in [2.24, 2.45) is 0 Å². The van der Waals surface area contributed by atoms with Crippen molar-refractivity contribution in [3.05, 3.63) is 29.3 Å². The van der Waals surface area contributed by atoms with Crippen molar-refractivity contribution in [1.29, 1.82) is 0 Å². The number of anilines is 1. The summed E-state index contributed by atoms with van der Waals surface area (Å²) in [5.74, 6) is -0.341. The van der Waals surface area contributed by atoms with Gasteiger partial charge in [0.05, 0.1) is 23.8 Å². The molecule has 22 heavy (non-hydrogen) atoms. The molecule has 0 unspecified atom stereocenters. The first-order valence-corrected chi connectivity index (χ1v) is 7.39. The maximum Gasteiger partial charge on any atom is 0.238 e. The van der Waals surface area contributed by atoms with E-state index >= 15 is 0 Å². The number of nitrogens with zero attached hydrogens (tertiary/aromatic N) is 1. The molecule has 1 rings (SSSR count). The summed E-state index contributed by atoms with van der Waals surface area (Å²) in [6.45, 7) is 1.43. The van der Waals surface area contributed by atoms with Crippen molar-refractivity contribution in [2.45, 2.75) is 6.42 Å². The average Bonchev–Trinajstić information content (AvgIpc) is 2.46. The van der Waals surface area contributed by atoms with Gasteiger partial charge in [-0.2, -0.15) is 0 Å². The normalized spacial score (nSPS) is 10.5. The predicted octanol–water partition coefficient (Wildman–Crippen LogP) is 1.36. The molecule has 0 saturated heterocycles. The Bertz CT molecular complexity index is 497. The molecule has 6 nitrogen and oxygen atoms in total. The van der Waals surface area contributed by atoms with Crippen LogP contribution in [0.15, 0.2) is 24.3 Å². The summed E-state index contributed by atoms with van der Waals surface area (Å²) in [4.78, 5) is 25.2. The fourth-order valence-electron chi connectivity index (χ4n) is 1.80. The zero-order chi connectivity index (χ0) is 16.4. The molecule has 0 aliphatic rings. The van der Waals surface area contributed by atoms with Crippen LogP contribution in [-0.2, 0) is 14.3 Å². The van der Waals surface area contributed by atoms with Crippen LogP contribution >= 0.6 is 11.6 Å². The van der Waals surface area contributed by atoms with Crippen LogP contribution in [0.1, 0.15) is 6.42 Å². The van der Waals surface area contributed by atoms with Crippen molar-refractivity contribution in [3.63, 3.8) is 0 Å². The first-order valence-electron chi connectivity index (χ1n) is 7.01. The van der Waals surface area contributed by atoms with Crippen molar-refractivity contribution in [3.8, 4) is 0 Å². The van der Waals surface area contributed by atoms with Gasteiger partial charge in [-0.1, -0.05) is 23.7 Å². The summed E-state index contributed by atoms with van der Waals surface area (Å²) in [6, 6.07) is 7.01. The average molecular weight is 328 g/mol. The van der Waals surface area contributed by atoms with E-state index in [9.17, 15) is 9.59 Å². The minimum absolute atomic E-state index is 0.108. The van der Waals surface area contributed by atoms with Gasteiger partial charge in [-0.3, -0.25) is 14.5 Å². The van der Waals surface area contributed by atoms with Gasteiger partial charge in [-0.15, -0.1) is 0 Å². The molecule has 2 amide bonds. The number of para-hydroxylation sites is 1. The van der Waals surface area contributed by atoms with E-state index in [1.165, 1.54) is 0 Å². The molecule has 0 bridgehead atoms. The Morgan fingerprint density at radius 3 is 2.59 bits per heavy atom. The molecule has 0 saturated carbocycles. The summed E-state index contributed by atoms with van der Waals surface area (Å²) >= 11 is 5.97. The molecular formula is C15H22ClN3O3. The number of carbonyl (C=O) groups excluding carboxylic acids is 2. The highest BCUT2D eigenvalue weighted by Crippen LogP contribution is 2.20. The van der Waals surface area contributed by atoms with Crippen LogP contribution in [0.3, 0.4) is 0 Å². The molecule has 7 heteroatoms. The lowest BCUT2D eigenvalue weighted by molar-refractivity contribution is -0.123. The summed E-state index contributed by atoms with van der Waals surface area (Å²) in [7, 11) is 3.33. The summed E-state index contributed by atoms with van der Waals surface area (Å²) in [5.41, 5.74) is 0.562. The van der Waals surface area contributed by atoms with Crippen LogP contribution in [-0.4, -0.2) is 57.1 Å². The smallest absolute Gasteiger partial charge is 0.238 e. The van der Waals surface area contributed by atoms with Crippen molar-refractivity contribution in [2.75, 3.05) is 45.7 Å². The first kappa shape index (κ1) is 18.4. The fourth-order valence-corrected chi connectivity index (χ4v) is 1.98. The number of amides is 2. The molecule has 0 spiro atoms. The molecule has 0 atom stereocenters. The maximum absolute atomic E-state index is 11.9. The van der Waals surface area contributed by atoms with Gasteiger partial charge in [0.15, 0.2) is 0 Å². The van der Waals surface area contributed by atoms with E-state index in [4.69, 9.17) is 16.3 Å². The first-order chi connectivity index (χ1) is 10.5.